The maximum atomic E-state index is 11.3. The number of amides is 2. The first-order valence-corrected chi connectivity index (χ1v) is 5.22. The first-order chi connectivity index (χ1) is 6.97. The number of carbonyl (C=O) groups is 2. The van der Waals surface area contributed by atoms with Crippen molar-refractivity contribution in [2.45, 2.75) is 45.8 Å². The lowest BCUT2D eigenvalue weighted by molar-refractivity contribution is -0.128. The first kappa shape index (κ1) is 13.9. The van der Waals surface area contributed by atoms with E-state index in [2.05, 4.69) is 10.6 Å². The smallest absolute Gasteiger partial charge is 0.242 e. The van der Waals surface area contributed by atoms with Gasteiger partial charge in [0, 0.05) is 13.0 Å². The number of carbonyl (C=O) groups excluding carboxylic acids is 2. The average Bonchev–Trinajstić information content (AvgIpc) is 2.15. The number of rotatable bonds is 6. The van der Waals surface area contributed by atoms with Gasteiger partial charge in [0.2, 0.25) is 11.8 Å². The number of likely N-dealkylation sites (N-methyl/N-ethyl adjacent to an activating group) is 1. The minimum absolute atomic E-state index is 0.192. The molecular formula is C10H20N2O3. The molecular weight excluding hydrogens is 196 g/mol. The molecule has 88 valence electrons. The van der Waals surface area contributed by atoms with Crippen LogP contribution in [0.15, 0.2) is 0 Å². The Morgan fingerprint density at radius 3 is 2.40 bits per heavy atom. The monoisotopic (exact) mass is 216 g/mol. The van der Waals surface area contributed by atoms with Gasteiger partial charge >= 0.3 is 0 Å². The third kappa shape index (κ3) is 6.90. The van der Waals surface area contributed by atoms with E-state index in [-0.39, 0.29) is 18.2 Å². The summed E-state index contributed by atoms with van der Waals surface area (Å²) in [6.45, 7) is 5.62. The molecule has 2 atom stereocenters. The lowest BCUT2D eigenvalue weighted by Gasteiger charge is -2.13. The molecule has 0 saturated heterocycles. The molecule has 2 amide bonds. The van der Waals surface area contributed by atoms with Crippen LogP contribution in [0, 0.1) is 0 Å². The van der Waals surface area contributed by atoms with Gasteiger partial charge in [-0.15, -0.1) is 0 Å². The standard InChI is InChI=1S/C10H20N2O3/c1-4-11-10(15)8(3)12-9(14)6-5-7(2)13/h7-8,13H,4-6H2,1-3H3,(H,11,15)(H,12,14). The van der Waals surface area contributed by atoms with E-state index in [1.165, 1.54) is 0 Å². The molecule has 0 bridgehead atoms. The van der Waals surface area contributed by atoms with Crippen LogP contribution < -0.4 is 10.6 Å². The second-order valence-electron chi connectivity index (χ2n) is 3.57. The van der Waals surface area contributed by atoms with E-state index in [4.69, 9.17) is 5.11 Å². The van der Waals surface area contributed by atoms with Crippen molar-refractivity contribution in [3.05, 3.63) is 0 Å². The summed E-state index contributed by atoms with van der Waals surface area (Å²) < 4.78 is 0. The van der Waals surface area contributed by atoms with Gasteiger partial charge in [0.25, 0.3) is 0 Å². The number of nitrogens with one attached hydrogen (secondary N) is 2. The van der Waals surface area contributed by atoms with Gasteiger partial charge in [0.1, 0.15) is 6.04 Å². The van der Waals surface area contributed by atoms with Crippen LogP contribution in [-0.4, -0.2) is 35.6 Å². The van der Waals surface area contributed by atoms with Crippen LogP contribution in [0.5, 0.6) is 0 Å². The van der Waals surface area contributed by atoms with E-state index in [1.807, 2.05) is 6.92 Å². The van der Waals surface area contributed by atoms with Gasteiger partial charge < -0.3 is 15.7 Å². The van der Waals surface area contributed by atoms with Crippen molar-refractivity contribution in [3.8, 4) is 0 Å². The van der Waals surface area contributed by atoms with Crippen LogP contribution in [0.4, 0.5) is 0 Å². The van der Waals surface area contributed by atoms with Crippen molar-refractivity contribution in [2.24, 2.45) is 0 Å². The van der Waals surface area contributed by atoms with E-state index in [1.54, 1.807) is 13.8 Å². The summed E-state index contributed by atoms with van der Waals surface area (Å²) in [7, 11) is 0. The zero-order valence-corrected chi connectivity index (χ0v) is 9.54. The van der Waals surface area contributed by atoms with E-state index < -0.39 is 12.1 Å². The van der Waals surface area contributed by atoms with Gasteiger partial charge in [-0.1, -0.05) is 0 Å². The average molecular weight is 216 g/mol. The third-order valence-electron chi connectivity index (χ3n) is 1.91. The van der Waals surface area contributed by atoms with Gasteiger partial charge in [-0.25, -0.2) is 0 Å². The Morgan fingerprint density at radius 2 is 1.93 bits per heavy atom. The summed E-state index contributed by atoms with van der Waals surface area (Å²) in [6.07, 6.45) is 0.158. The van der Waals surface area contributed by atoms with E-state index in [0.29, 0.717) is 13.0 Å². The number of hydrogen-bond donors (Lipinski definition) is 3. The van der Waals surface area contributed by atoms with Crippen LogP contribution in [0.2, 0.25) is 0 Å². The molecule has 0 aromatic carbocycles. The minimum Gasteiger partial charge on any atom is -0.393 e. The van der Waals surface area contributed by atoms with Gasteiger partial charge in [0.15, 0.2) is 0 Å². The highest BCUT2D eigenvalue weighted by atomic mass is 16.3. The van der Waals surface area contributed by atoms with Gasteiger partial charge in [-0.2, -0.15) is 0 Å². The summed E-state index contributed by atoms with van der Waals surface area (Å²) >= 11 is 0. The summed E-state index contributed by atoms with van der Waals surface area (Å²) in [4.78, 5) is 22.5. The van der Waals surface area contributed by atoms with Gasteiger partial charge in [-0.3, -0.25) is 9.59 Å². The quantitative estimate of drug-likeness (QED) is 0.575. The van der Waals surface area contributed by atoms with Crippen molar-refractivity contribution in [2.75, 3.05) is 6.54 Å². The summed E-state index contributed by atoms with van der Waals surface area (Å²) in [5.41, 5.74) is 0. The molecule has 0 radical (unpaired) electrons. The Labute approximate surface area is 90.2 Å². The molecule has 15 heavy (non-hydrogen) atoms. The molecule has 0 saturated carbocycles. The lowest BCUT2D eigenvalue weighted by atomic mass is 10.2. The van der Waals surface area contributed by atoms with Crippen molar-refractivity contribution >= 4 is 11.8 Å². The number of aliphatic hydroxyl groups excluding tert-OH is 1. The Morgan fingerprint density at radius 1 is 1.33 bits per heavy atom. The van der Waals surface area contributed by atoms with Crippen molar-refractivity contribution in [1.82, 2.24) is 10.6 Å². The first-order valence-electron chi connectivity index (χ1n) is 5.22. The van der Waals surface area contributed by atoms with Gasteiger partial charge in [0.05, 0.1) is 6.10 Å². The fourth-order valence-corrected chi connectivity index (χ4v) is 1.05. The third-order valence-corrected chi connectivity index (χ3v) is 1.91. The number of aliphatic hydroxyl groups is 1. The molecule has 0 heterocycles. The molecule has 0 aromatic heterocycles. The predicted octanol–water partition coefficient (Wildman–Crippen LogP) is -0.212. The molecule has 0 aliphatic heterocycles. The van der Waals surface area contributed by atoms with Crippen molar-refractivity contribution < 1.29 is 14.7 Å². The van der Waals surface area contributed by atoms with Crippen LogP contribution in [0.3, 0.4) is 0 Å². The Hall–Kier alpha value is -1.10. The van der Waals surface area contributed by atoms with Crippen LogP contribution >= 0.6 is 0 Å². The van der Waals surface area contributed by atoms with Crippen molar-refractivity contribution in [1.29, 1.82) is 0 Å². The van der Waals surface area contributed by atoms with E-state index in [9.17, 15) is 9.59 Å². The zero-order valence-electron chi connectivity index (χ0n) is 9.54. The largest absolute Gasteiger partial charge is 0.393 e. The van der Waals surface area contributed by atoms with Crippen LogP contribution in [0.1, 0.15) is 33.6 Å². The maximum absolute atomic E-state index is 11.3. The number of hydrogen-bond acceptors (Lipinski definition) is 3. The molecule has 0 aliphatic rings. The molecule has 3 N–H and O–H groups in total. The molecule has 0 fully saturated rings. The fourth-order valence-electron chi connectivity index (χ4n) is 1.05. The maximum Gasteiger partial charge on any atom is 0.242 e. The summed E-state index contributed by atoms with van der Waals surface area (Å²) in [6, 6.07) is -0.522. The van der Waals surface area contributed by atoms with Crippen LogP contribution in [-0.2, 0) is 9.59 Å². The molecule has 0 rings (SSSR count). The molecule has 0 aliphatic carbocycles. The SMILES string of the molecule is CCNC(=O)C(C)NC(=O)CCC(C)O. The summed E-state index contributed by atoms with van der Waals surface area (Å²) in [5, 5.41) is 14.1. The van der Waals surface area contributed by atoms with Crippen LogP contribution in [0.25, 0.3) is 0 Å². The highest BCUT2D eigenvalue weighted by Gasteiger charge is 2.14. The van der Waals surface area contributed by atoms with E-state index >= 15 is 0 Å². The molecule has 2 unspecified atom stereocenters. The normalized spacial score (nSPS) is 14.1. The minimum atomic E-state index is -0.522. The second kappa shape index (κ2) is 7.23. The molecule has 5 nitrogen and oxygen atoms in total. The lowest BCUT2D eigenvalue weighted by Crippen LogP contribution is -2.44. The molecule has 0 aromatic rings. The Bertz CT molecular complexity index is 217. The van der Waals surface area contributed by atoms with Gasteiger partial charge in [-0.05, 0) is 27.2 Å². The molecule has 0 spiro atoms. The predicted molar refractivity (Wildman–Crippen MR) is 57.2 cm³/mol. The van der Waals surface area contributed by atoms with E-state index in [0.717, 1.165) is 0 Å². The summed E-state index contributed by atoms with van der Waals surface area (Å²) in [5.74, 6) is -0.405. The highest BCUT2D eigenvalue weighted by molar-refractivity contribution is 5.87. The Kier molecular flexibility index (Phi) is 6.70. The Balaban J connectivity index is 3.80. The topological polar surface area (TPSA) is 78.4 Å². The molecule has 5 heteroatoms. The highest BCUT2D eigenvalue weighted by Crippen LogP contribution is 1.96. The fraction of sp³-hybridized carbons (Fsp3) is 0.800. The van der Waals surface area contributed by atoms with Crippen molar-refractivity contribution in [3.63, 3.8) is 0 Å². The zero-order chi connectivity index (χ0) is 11.8. The second-order valence-corrected chi connectivity index (χ2v) is 3.57.